The molecule has 1 N–H and O–H groups in total. The van der Waals surface area contributed by atoms with Gasteiger partial charge in [0, 0.05) is 12.3 Å². The standard InChI is InChI=1S/C19H27F3N2O3/c1-4-27-18(26)16(9-12(2)3)24-11-14(13-5-7-23-8-6-13)15(10-17(24)25)19(20,21)22/h10-13,16,23H,4-9H2,1-3H3. The Morgan fingerprint density at radius 2 is 1.96 bits per heavy atom. The lowest BCUT2D eigenvalue weighted by molar-refractivity contribution is -0.147. The van der Waals surface area contributed by atoms with Gasteiger partial charge in [-0.15, -0.1) is 0 Å². The Bertz CT molecular complexity index is 707. The first-order chi connectivity index (χ1) is 12.6. The molecule has 0 saturated carbocycles. The van der Waals surface area contributed by atoms with Crippen LogP contribution in [0.3, 0.4) is 0 Å². The Balaban J connectivity index is 2.57. The van der Waals surface area contributed by atoms with Gasteiger partial charge in [-0.2, -0.15) is 13.2 Å². The van der Waals surface area contributed by atoms with Gasteiger partial charge < -0.3 is 14.6 Å². The molecule has 0 aliphatic carbocycles. The summed E-state index contributed by atoms with van der Waals surface area (Å²) in [6, 6.07) is -0.301. The van der Waals surface area contributed by atoms with Gasteiger partial charge in [0.15, 0.2) is 0 Å². The molecule has 2 heterocycles. The van der Waals surface area contributed by atoms with Gasteiger partial charge in [-0.25, -0.2) is 4.79 Å². The van der Waals surface area contributed by atoms with Crippen molar-refractivity contribution in [1.29, 1.82) is 0 Å². The molecule has 1 aliphatic rings. The van der Waals surface area contributed by atoms with Gasteiger partial charge >= 0.3 is 12.1 Å². The van der Waals surface area contributed by atoms with Crippen LogP contribution in [-0.4, -0.2) is 30.2 Å². The van der Waals surface area contributed by atoms with Crippen molar-refractivity contribution in [3.63, 3.8) is 0 Å². The molecule has 0 aromatic carbocycles. The van der Waals surface area contributed by atoms with Crippen LogP contribution in [0.5, 0.6) is 0 Å². The number of hydrogen-bond donors (Lipinski definition) is 1. The highest BCUT2D eigenvalue weighted by Crippen LogP contribution is 2.37. The van der Waals surface area contributed by atoms with E-state index in [1.807, 2.05) is 13.8 Å². The van der Waals surface area contributed by atoms with Crippen LogP contribution in [0.15, 0.2) is 17.1 Å². The molecule has 2 rings (SSSR count). The van der Waals surface area contributed by atoms with E-state index in [-0.39, 0.29) is 24.0 Å². The second-order valence-electron chi connectivity index (χ2n) is 7.31. The second-order valence-corrected chi connectivity index (χ2v) is 7.31. The van der Waals surface area contributed by atoms with Crippen LogP contribution >= 0.6 is 0 Å². The zero-order valence-corrected chi connectivity index (χ0v) is 15.9. The SMILES string of the molecule is CCOC(=O)C(CC(C)C)n1cc(C2CCNCC2)c(C(F)(F)F)cc1=O. The van der Waals surface area contributed by atoms with Gasteiger partial charge in [-0.3, -0.25) is 4.79 Å². The number of rotatable bonds is 6. The minimum absolute atomic E-state index is 0.0657. The van der Waals surface area contributed by atoms with Crippen molar-refractivity contribution < 1.29 is 22.7 Å². The highest BCUT2D eigenvalue weighted by Gasteiger charge is 2.37. The number of nitrogens with one attached hydrogen (secondary N) is 1. The minimum atomic E-state index is -4.62. The number of pyridine rings is 1. The number of nitrogens with zero attached hydrogens (tertiary/aromatic N) is 1. The molecule has 8 heteroatoms. The summed E-state index contributed by atoms with van der Waals surface area (Å²) < 4.78 is 46.8. The number of halogens is 3. The normalized spacial score (nSPS) is 17.1. The van der Waals surface area contributed by atoms with Crippen molar-refractivity contribution in [2.45, 2.75) is 58.2 Å². The molecule has 5 nitrogen and oxygen atoms in total. The summed E-state index contributed by atoms with van der Waals surface area (Å²) in [5.74, 6) is -0.836. The summed E-state index contributed by atoms with van der Waals surface area (Å²) in [5.41, 5.74) is -1.65. The molecule has 1 atom stereocenters. The number of esters is 1. The number of piperidine rings is 1. The van der Waals surface area contributed by atoms with Crippen LogP contribution in [0, 0.1) is 5.92 Å². The van der Waals surface area contributed by atoms with Crippen LogP contribution in [0.1, 0.15) is 63.1 Å². The molecule has 1 aromatic heterocycles. The lowest BCUT2D eigenvalue weighted by atomic mass is 9.88. The first kappa shape index (κ1) is 21.5. The molecule has 0 radical (unpaired) electrons. The van der Waals surface area contributed by atoms with Crippen LogP contribution in [0.25, 0.3) is 0 Å². The fraction of sp³-hybridized carbons (Fsp3) is 0.684. The topological polar surface area (TPSA) is 60.3 Å². The molecule has 1 fully saturated rings. The second kappa shape index (κ2) is 8.91. The average molecular weight is 388 g/mol. The molecular weight excluding hydrogens is 361 g/mol. The third-order valence-electron chi connectivity index (χ3n) is 4.78. The Kier molecular flexibility index (Phi) is 7.08. The van der Waals surface area contributed by atoms with Crippen LogP contribution < -0.4 is 10.9 Å². The quantitative estimate of drug-likeness (QED) is 0.758. The highest BCUT2D eigenvalue weighted by molar-refractivity contribution is 5.74. The number of aromatic nitrogens is 1. The zero-order valence-electron chi connectivity index (χ0n) is 15.9. The summed E-state index contributed by atoms with van der Waals surface area (Å²) in [7, 11) is 0. The van der Waals surface area contributed by atoms with Crippen molar-refractivity contribution in [3.05, 3.63) is 33.7 Å². The van der Waals surface area contributed by atoms with E-state index in [0.29, 0.717) is 38.4 Å². The van der Waals surface area contributed by atoms with Crippen molar-refractivity contribution in [2.24, 2.45) is 5.92 Å². The molecule has 152 valence electrons. The Morgan fingerprint density at radius 1 is 1.33 bits per heavy atom. The Hall–Kier alpha value is -1.83. The third-order valence-corrected chi connectivity index (χ3v) is 4.78. The number of carbonyl (C=O) groups is 1. The number of alkyl halides is 3. The van der Waals surface area contributed by atoms with E-state index in [0.717, 1.165) is 4.57 Å². The average Bonchev–Trinajstić information content (AvgIpc) is 2.59. The first-order valence-corrected chi connectivity index (χ1v) is 9.35. The number of hydrogen-bond acceptors (Lipinski definition) is 4. The van der Waals surface area contributed by atoms with Crippen LogP contribution in [0.4, 0.5) is 13.2 Å². The van der Waals surface area contributed by atoms with Gasteiger partial charge in [0.2, 0.25) is 0 Å². The maximum Gasteiger partial charge on any atom is 0.416 e. The highest BCUT2D eigenvalue weighted by atomic mass is 19.4. The Labute approximate surface area is 156 Å². The van der Waals surface area contributed by atoms with Crippen molar-refractivity contribution in [2.75, 3.05) is 19.7 Å². The third kappa shape index (κ3) is 5.34. The maximum absolute atomic E-state index is 13.6. The maximum atomic E-state index is 13.6. The van der Waals surface area contributed by atoms with Gasteiger partial charge in [0.25, 0.3) is 5.56 Å². The monoisotopic (exact) mass is 388 g/mol. The van der Waals surface area contributed by atoms with E-state index in [9.17, 15) is 22.8 Å². The van der Waals surface area contributed by atoms with Gasteiger partial charge in [-0.05, 0) is 56.7 Å². The number of carbonyl (C=O) groups excluding carboxylic acids is 1. The predicted molar refractivity (Wildman–Crippen MR) is 95.7 cm³/mol. The summed E-state index contributed by atoms with van der Waals surface area (Å²) in [4.78, 5) is 24.9. The zero-order chi connectivity index (χ0) is 20.2. The summed E-state index contributed by atoms with van der Waals surface area (Å²) in [5, 5.41) is 3.13. The first-order valence-electron chi connectivity index (χ1n) is 9.35. The molecule has 1 aromatic rings. The number of ether oxygens (including phenoxy) is 1. The van der Waals surface area contributed by atoms with Gasteiger partial charge in [-0.1, -0.05) is 13.8 Å². The lowest BCUT2D eigenvalue weighted by Crippen LogP contribution is -2.35. The van der Waals surface area contributed by atoms with Crippen LogP contribution in [0.2, 0.25) is 0 Å². The molecule has 1 saturated heterocycles. The summed E-state index contributed by atoms with van der Waals surface area (Å²) in [6.07, 6.45) is -1.96. The van der Waals surface area contributed by atoms with E-state index in [2.05, 4.69) is 5.32 Å². The van der Waals surface area contributed by atoms with Crippen molar-refractivity contribution in [3.8, 4) is 0 Å². The molecule has 1 unspecified atom stereocenters. The predicted octanol–water partition coefficient (Wildman–Crippen LogP) is 3.48. The van der Waals surface area contributed by atoms with E-state index in [4.69, 9.17) is 4.74 Å². The smallest absolute Gasteiger partial charge is 0.416 e. The molecule has 27 heavy (non-hydrogen) atoms. The Morgan fingerprint density at radius 3 is 2.48 bits per heavy atom. The van der Waals surface area contributed by atoms with E-state index < -0.39 is 29.3 Å². The molecule has 0 bridgehead atoms. The molecule has 0 amide bonds. The van der Waals surface area contributed by atoms with Gasteiger partial charge in [0.1, 0.15) is 6.04 Å². The summed E-state index contributed by atoms with van der Waals surface area (Å²) in [6.45, 7) is 6.80. The van der Waals surface area contributed by atoms with E-state index in [1.54, 1.807) is 6.92 Å². The molecular formula is C19H27F3N2O3. The molecule has 1 aliphatic heterocycles. The minimum Gasteiger partial charge on any atom is -0.464 e. The van der Waals surface area contributed by atoms with E-state index in [1.165, 1.54) is 6.20 Å². The van der Waals surface area contributed by atoms with Crippen LogP contribution in [-0.2, 0) is 15.7 Å². The largest absolute Gasteiger partial charge is 0.464 e. The fourth-order valence-corrected chi connectivity index (χ4v) is 3.52. The summed E-state index contributed by atoms with van der Waals surface area (Å²) >= 11 is 0. The van der Waals surface area contributed by atoms with Crippen molar-refractivity contribution >= 4 is 5.97 Å². The van der Waals surface area contributed by atoms with Gasteiger partial charge in [0.05, 0.1) is 12.2 Å². The fourth-order valence-electron chi connectivity index (χ4n) is 3.52. The van der Waals surface area contributed by atoms with E-state index >= 15 is 0 Å². The molecule has 0 spiro atoms. The van der Waals surface area contributed by atoms with Crippen molar-refractivity contribution in [1.82, 2.24) is 9.88 Å². The lowest BCUT2D eigenvalue weighted by Gasteiger charge is -2.28.